The van der Waals surface area contributed by atoms with Crippen LogP contribution in [0.25, 0.3) is 11.5 Å². The van der Waals surface area contributed by atoms with Gasteiger partial charge in [-0.3, -0.25) is 4.79 Å². The van der Waals surface area contributed by atoms with Crippen LogP contribution in [0.2, 0.25) is 0 Å². The number of ketones is 1. The number of aromatic nitrogens is 2. The normalized spacial score (nSPS) is 19.3. The second kappa shape index (κ2) is 7.50. The van der Waals surface area contributed by atoms with Crippen molar-refractivity contribution in [2.45, 2.75) is 57.3 Å². The number of hydrogen-bond acceptors (Lipinski definition) is 7. The van der Waals surface area contributed by atoms with E-state index in [4.69, 9.17) is 9.26 Å². The van der Waals surface area contributed by atoms with Crippen LogP contribution in [0.5, 0.6) is 0 Å². The Morgan fingerprint density at radius 3 is 2.76 bits per heavy atom. The molecule has 152 valence electrons. The van der Waals surface area contributed by atoms with Crippen molar-refractivity contribution >= 4 is 23.1 Å². The second-order valence-corrected chi connectivity index (χ2v) is 9.10. The third-order valence-corrected chi connectivity index (χ3v) is 7.16. The summed E-state index contributed by atoms with van der Waals surface area (Å²) < 4.78 is 10.9. The van der Waals surface area contributed by atoms with Crippen LogP contribution < -0.4 is 0 Å². The molecule has 2 aromatic rings. The Morgan fingerprint density at radius 2 is 1.97 bits per heavy atom. The SMILES string of the molecule is O=C(O)C1=C(C(=O)Cc2sc3c(c2-c2nc(C4CC4)no2)CCCC3)CCOC1. The lowest BCUT2D eigenvalue weighted by Crippen LogP contribution is -2.23. The van der Waals surface area contributed by atoms with Crippen molar-refractivity contribution in [2.24, 2.45) is 0 Å². The number of carboxylic acids is 1. The molecule has 0 spiro atoms. The molecule has 0 bridgehead atoms. The van der Waals surface area contributed by atoms with Gasteiger partial charge in [-0.25, -0.2) is 4.79 Å². The first kappa shape index (κ1) is 18.7. The largest absolute Gasteiger partial charge is 0.478 e. The molecule has 29 heavy (non-hydrogen) atoms. The molecule has 8 heteroatoms. The third-order valence-electron chi connectivity index (χ3n) is 5.87. The predicted molar refractivity (Wildman–Crippen MR) is 105 cm³/mol. The first-order valence-corrected chi connectivity index (χ1v) is 11.0. The van der Waals surface area contributed by atoms with E-state index in [0.29, 0.717) is 30.4 Å². The van der Waals surface area contributed by atoms with Crippen LogP contribution in [0.15, 0.2) is 15.7 Å². The van der Waals surface area contributed by atoms with E-state index >= 15 is 0 Å². The standard InChI is InChI=1S/C21H22N2O5S/c24-15(12-7-8-27-10-14(12)21(25)26)9-17-18(13-3-1-2-4-16(13)29-17)20-22-19(23-28-20)11-5-6-11/h11H,1-10H2,(H,25,26). The molecule has 0 unspecified atom stereocenters. The molecular formula is C21H22N2O5S. The molecule has 7 nitrogen and oxygen atoms in total. The summed E-state index contributed by atoms with van der Waals surface area (Å²) in [5.41, 5.74) is 2.61. The Kier molecular flexibility index (Phi) is 4.83. The number of carbonyl (C=O) groups is 2. The van der Waals surface area contributed by atoms with E-state index < -0.39 is 5.97 Å². The molecule has 3 aliphatic rings. The number of aryl methyl sites for hydroxylation is 1. The van der Waals surface area contributed by atoms with Gasteiger partial charge < -0.3 is 14.4 Å². The van der Waals surface area contributed by atoms with E-state index in [-0.39, 0.29) is 24.4 Å². The van der Waals surface area contributed by atoms with Gasteiger partial charge in [0.25, 0.3) is 5.89 Å². The lowest BCUT2D eigenvalue weighted by molar-refractivity contribution is -0.134. The summed E-state index contributed by atoms with van der Waals surface area (Å²) in [6.45, 7) is 0.360. The fourth-order valence-electron chi connectivity index (χ4n) is 4.18. The summed E-state index contributed by atoms with van der Waals surface area (Å²) in [5, 5.41) is 13.6. The lowest BCUT2D eigenvalue weighted by Gasteiger charge is -2.17. The highest BCUT2D eigenvalue weighted by Gasteiger charge is 2.32. The molecule has 2 aromatic heterocycles. The zero-order valence-corrected chi connectivity index (χ0v) is 16.8. The summed E-state index contributed by atoms with van der Waals surface area (Å²) in [5.74, 6) is 0.441. The van der Waals surface area contributed by atoms with Gasteiger partial charge in [-0.15, -0.1) is 11.3 Å². The van der Waals surface area contributed by atoms with Crippen LogP contribution >= 0.6 is 11.3 Å². The van der Waals surface area contributed by atoms with Gasteiger partial charge in [0.15, 0.2) is 11.6 Å². The molecule has 1 aliphatic heterocycles. The van der Waals surface area contributed by atoms with Crippen molar-refractivity contribution < 1.29 is 24.0 Å². The van der Waals surface area contributed by atoms with E-state index in [2.05, 4.69) is 10.1 Å². The van der Waals surface area contributed by atoms with Crippen molar-refractivity contribution in [2.75, 3.05) is 13.2 Å². The van der Waals surface area contributed by atoms with Crippen molar-refractivity contribution in [3.8, 4) is 11.5 Å². The topological polar surface area (TPSA) is 103 Å². The molecular weight excluding hydrogens is 392 g/mol. The van der Waals surface area contributed by atoms with Gasteiger partial charge in [-0.1, -0.05) is 5.16 Å². The maximum atomic E-state index is 13.1. The van der Waals surface area contributed by atoms with Gasteiger partial charge >= 0.3 is 5.97 Å². The van der Waals surface area contributed by atoms with Crippen LogP contribution in [-0.4, -0.2) is 40.2 Å². The summed E-state index contributed by atoms with van der Waals surface area (Å²) in [6, 6.07) is 0. The zero-order chi connectivity index (χ0) is 20.0. The van der Waals surface area contributed by atoms with Gasteiger partial charge in [0, 0.05) is 27.7 Å². The van der Waals surface area contributed by atoms with Crippen molar-refractivity contribution in [1.82, 2.24) is 10.1 Å². The molecule has 0 atom stereocenters. The van der Waals surface area contributed by atoms with E-state index in [1.54, 1.807) is 11.3 Å². The highest BCUT2D eigenvalue weighted by atomic mass is 32.1. The molecule has 0 aromatic carbocycles. The molecule has 1 fully saturated rings. The highest BCUT2D eigenvalue weighted by molar-refractivity contribution is 7.12. The van der Waals surface area contributed by atoms with E-state index in [0.717, 1.165) is 54.8 Å². The Balaban J connectivity index is 1.51. The summed E-state index contributed by atoms with van der Waals surface area (Å²) >= 11 is 1.64. The van der Waals surface area contributed by atoms with E-state index in [9.17, 15) is 14.7 Å². The molecule has 3 heterocycles. The van der Waals surface area contributed by atoms with Crippen LogP contribution in [0.3, 0.4) is 0 Å². The molecule has 0 radical (unpaired) electrons. The Morgan fingerprint density at radius 1 is 1.14 bits per heavy atom. The molecule has 5 rings (SSSR count). The third kappa shape index (κ3) is 3.55. The van der Waals surface area contributed by atoms with Crippen LogP contribution in [-0.2, 0) is 33.6 Å². The number of fused-ring (bicyclic) bond motifs is 1. The van der Waals surface area contributed by atoms with Gasteiger partial charge in [0.05, 0.1) is 24.4 Å². The fraction of sp³-hybridized carbons (Fsp3) is 0.524. The van der Waals surface area contributed by atoms with Crippen molar-refractivity contribution in [3.63, 3.8) is 0 Å². The average molecular weight is 414 g/mol. The number of rotatable bonds is 6. The number of Topliss-reactive ketones (excluding diaryl/α,β-unsaturated/α-hetero) is 1. The molecule has 1 saturated carbocycles. The number of carboxylic acid groups (broad SMARTS) is 1. The summed E-state index contributed by atoms with van der Waals surface area (Å²) in [4.78, 5) is 31.4. The van der Waals surface area contributed by atoms with E-state index in [1.165, 1.54) is 10.4 Å². The fourth-order valence-corrected chi connectivity index (χ4v) is 5.56. The minimum atomic E-state index is -1.08. The number of ether oxygens (including phenoxy) is 1. The van der Waals surface area contributed by atoms with Gasteiger partial charge in [-0.05, 0) is 50.5 Å². The molecule has 1 N–H and O–H groups in total. The highest BCUT2D eigenvalue weighted by Crippen LogP contribution is 2.43. The molecule has 2 aliphatic carbocycles. The van der Waals surface area contributed by atoms with Gasteiger partial charge in [0.1, 0.15) is 0 Å². The van der Waals surface area contributed by atoms with Crippen LogP contribution in [0, 0.1) is 0 Å². The molecule has 0 saturated heterocycles. The summed E-state index contributed by atoms with van der Waals surface area (Å²) in [6.07, 6.45) is 6.91. The second-order valence-electron chi connectivity index (χ2n) is 7.91. The first-order valence-electron chi connectivity index (χ1n) is 10.2. The number of carbonyl (C=O) groups excluding carboxylic acids is 1. The van der Waals surface area contributed by atoms with Crippen molar-refractivity contribution in [3.05, 3.63) is 32.3 Å². The number of aliphatic carboxylic acids is 1. The number of thiophene rings is 1. The quantitative estimate of drug-likeness (QED) is 0.772. The van der Waals surface area contributed by atoms with Crippen LogP contribution in [0.1, 0.15) is 59.2 Å². The van der Waals surface area contributed by atoms with Gasteiger partial charge in [-0.2, -0.15) is 4.98 Å². The minimum Gasteiger partial charge on any atom is -0.478 e. The lowest BCUT2D eigenvalue weighted by atomic mass is 9.92. The monoisotopic (exact) mass is 414 g/mol. The Labute approximate surface area is 171 Å². The first-order chi connectivity index (χ1) is 14.1. The zero-order valence-electron chi connectivity index (χ0n) is 16.0. The Bertz CT molecular complexity index is 1010. The van der Waals surface area contributed by atoms with Gasteiger partial charge in [0.2, 0.25) is 0 Å². The average Bonchev–Trinajstić information content (AvgIpc) is 3.35. The Hall–Kier alpha value is -2.32. The van der Waals surface area contributed by atoms with Crippen LogP contribution in [0.4, 0.5) is 0 Å². The molecule has 0 amide bonds. The maximum Gasteiger partial charge on any atom is 0.334 e. The number of hydrogen-bond donors (Lipinski definition) is 1. The minimum absolute atomic E-state index is 0.0153. The smallest absolute Gasteiger partial charge is 0.334 e. The van der Waals surface area contributed by atoms with E-state index in [1.807, 2.05) is 0 Å². The maximum absolute atomic E-state index is 13.1. The summed E-state index contributed by atoms with van der Waals surface area (Å²) in [7, 11) is 0. The van der Waals surface area contributed by atoms with Crippen molar-refractivity contribution in [1.29, 1.82) is 0 Å². The predicted octanol–water partition coefficient (Wildman–Crippen LogP) is 3.47. The number of nitrogens with zero attached hydrogens (tertiary/aromatic N) is 2.